The van der Waals surface area contributed by atoms with E-state index in [4.69, 9.17) is 11.2 Å². The summed E-state index contributed by atoms with van der Waals surface area (Å²) < 4.78 is 5.20. The summed E-state index contributed by atoms with van der Waals surface area (Å²) in [7, 11) is 0. The molecule has 0 aromatic carbocycles. The molecule has 0 saturated heterocycles. The molecule has 2 heteroatoms. The highest BCUT2D eigenvalue weighted by atomic mass is 16.5. The van der Waals surface area contributed by atoms with E-state index in [1.165, 1.54) is 0 Å². The zero-order valence-corrected chi connectivity index (χ0v) is 7.31. The number of hydrogen-bond donors (Lipinski definition) is 0. The van der Waals surface area contributed by atoms with Crippen molar-refractivity contribution in [3.05, 3.63) is 0 Å². The van der Waals surface area contributed by atoms with Crippen molar-refractivity contribution >= 4 is 5.78 Å². The lowest BCUT2D eigenvalue weighted by atomic mass is 10.0. The second kappa shape index (κ2) is 4.15. The molecule has 0 bridgehead atoms. The summed E-state index contributed by atoms with van der Waals surface area (Å²) in [6.45, 7) is 5.85. The summed E-state index contributed by atoms with van der Waals surface area (Å²) in [5.41, 5.74) is -0.721. The number of terminal acetylenes is 1. The first kappa shape index (κ1) is 10.2. The number of Topliss-reactive ketones (excluding diaryl/α,β-unsaturated/α-hetero) is 1. The van der Waals surface area contributed by atoms with Crippen LogP contribution in [0.5, 0.6) is 0 Å². The Labute approximate surface area is 67.9 Å². The van der Waals surface area contributed by atoms with Crippen molar-refractivity contribution in [2.75, 3.05) is 6.61 Å². The van der Waals surface area contributed by atoms with Gasteiger partial charge in [0.2, 0.25) is 0 Å². The van der Waals surface area contributed by atoms with Gasteiger partial charge in [0.1, 0.15) is 5.60 Å². The molecule has 0 aromatic rings. The smallest absolute Gasteiger partial charge is 0.175 e. The molecule has 0 aliphatic carbocycles. The summed E-state index contributed by atoms with van der Waals surface area (Å²) >= 11 is 0. The zero-order chi connectivity index (χ0) is 8.91. The standard InChI is InChI=1S/C9H14O2/c1-5-7-8(10)9(3,4)11-6-2/h1H,6-7H2,2-4H3. The van der Waals surface area contributed by atoms with E-state index >= 15 is 0 Å². The van der Waals surface area contributed by atoms with Gasteiger partial charge >= 0.3 is 0 Å². The number of rotatable bonds is 4. The molecule has 0 rings (SSSR count). The SMILES string of the molecule is C#CCC(=O)C(C)(C)OCC. The van der Waals surface area contributed by atoms with Crippen molar-refractivity contribution in [2.24, 2.45) is 0 Å². The van der Waals surface area contributed by atoms with E-state index in [-0.39, 0.29) is 12.2 Å². The predicted octanol–water partition coefficient (Wildman–Crippen LogP) is 1.39. The molecule has 0 radical (unpaired) electrons. The summed E-state index contributed by atoms with van der Waals surface area (Å²) in [6.07, 6.45) is 5.14. The van der Waals surface area contributed by atoms with Gasteiger partial charge in [-0.05, 0) is 20.8 Å². The maximum absolute atomic E-state index is 11.2. The zero-order valence-electron chi connectivity index (χ0n) is 7.31. The second-order valence-electron chi connectivity index (χ2n) is 2.75. The van der Waals surface area contributed by atoms with E-state index < -0.39 is 5.60 Å². The molecular formula is C9H14O2. The minimum Gasteiger partial charge on any atom is -0.368 e. The van der Waals surface area contributed by atoms with Crippen LogP contribution in [0.1, 0.15) is 27.2 Å². The van der Waals surface area contributed by atoms with Crippen LogP contribution in [0, 0.1) is 12.3 Å². The van der Waals surface area contributed by atoms with Gasteiger partial charge in [-0.2, -0.15) is 0 Å². The Kier molecular flexibility index (Phi) is 3.84. The van der Waals surface area contributed by atoms with Gasteiger partial charge in [0.25, 0.3) is 0 Å². The van der Waals surface area contributed by atoms with Crippen molar-refractivity contribution in [1.82, 2.24) is 0 Å². The number of ether oxygens (including phenoxy) is 1. The molecule has 2 nitrogen and oxygen atoms in total. The molecule has 0 spiro atoms. The van der Waals surface area contributed by atoms with Crippen molar-refractivity contribution in [2.45, 2.75) is 32.8 Å². The van der Waals surface area contributed by atoms with Gasteiger partial charge in [-0.1, -0.05) is 5.92 Å². The Bertz CT molecular complexity index is 174. The number of carbonyl (C=O) groups excluding carboxylic acids is 1. The van der Waals surface area contributed by atoms with Crippen molar-refractivity contribution < 1.29 is 9.53 Å². The summed E-state index contributed by atoms with van der Waals surface area (Å²) in [6, 6.07) is 0. The van der Waals surface area contributed by atoms with E-state index in [2.05, 4.69) is 5.92 Å². The number of carbonyl (C=O) groups is 1. The van der Waals surface area contributed by atoms with Crippen LogP contribution in [0.3, 0.4) is 0 Å². The van der Waals surface area contributed by atoms with Crippen molar-refractivity contribution in [1.29, 1.82) is 0 Å². The molecule has 0 fully saturated rings. The molecule has 0 N–H and O–H groups in total. The normalized spacial score (nSPS) is 10.7. The van der Waals surface area contributed by atoms with Crippen LogP contribution in [0.15, 0.2) is 0 Å². The first-order chi connectivity index (χ1) is 5.04. The van der Waals surface area contributed by atoms with Gasteiger partial charge in [0.05, 0.1) is 6.42 Å². The van der Waals surface area contributed by atoms with Crippen LogP contribution in [-0.4, -0.2) is 18.0 Å². The third kappa shape index (κ3) is 3.20. The fraction of sp³-hybridized carbons (Fsp3) is 0.667. The Morgan fingerprint density at radius 1 is 1.64 bits per heavy atom. The molecule has 0 aliphatic heterocycles. The second-order valence-corrected chi connectivity index (χ2v) is 2.75. The third-order valence-corrected chi connectivity index (χ3v) is 1.44. The fourth-order valence-electron chi connectivity index (χ4n) is 0.747. The molecule has 11 heavy (non-hydrogen) atoms. The van der Waals surface area contributed by atoms with E-state index in [1.54, 1.807) is 13.8 Å². The molecule has 62 valence electrons. The first-order valence-corrected chi connectivity index (χ1v) is 3.65. The Morgan fingerprint density at radius 2 is 2.18 bits per heavy atom. The van der Waals surface area contributed by atoms with Gasteiger partial charge in [-0.15, -0.1) is 6.42 Å². The Balaban J connectivity index is 4.08. The lowest BCUT2D eigenvalue weighted by Crippen LogP contribution is -2.34. The topological polar surface area (TPSA) is 26.3 Å². The third-order valence-electron chi connectivity index (χ3n) is 1.44. The van der Waals surface area contributed by atoms with Crippen LogP contribution in [0.25, 0.3) is 0 Å². The molecule has 0 aliphatic rings. The average Bonchev–Trinajstić information content (AvgIpc) is 1.88. The highest BCUT2D eigenvalue weighted by molar-refractivity contribution is 5.88. The molecule has 0 heterocycles. The van der Waals surface area contributed by atoms with Gasteiger partial charge in [-0.3, -0.25) is 4.79 Å². The van der Waals surface area contributed by atoms with E-state index in [1.807, 2.05) is 6.92 Å². The highest BCUT2D eigenvalue weighted by Crippen LogP contribution is 2.11. The maximum atomic E-state index is 11.2. The van der Waals surface area contributed by atoms with Crippen LogP contribution in [0.4, 0.5) is 0 Å². The monoisotopic (exact) mass is 154 g/mol. The van der Waals surface area contributed by atoms with E-state index in [9.17, 15) is 4.79 Å². The Hall–Kier alpha value is -0.810. The molecule has 0 unspecified atom stereocenters. The fourth-order valence-corrected chi connectivity index (χ4v) is 0.747. The van der Waals surface area contributed by atoms with Gasteiger partial charge in [0.15, 0.2) is 5.78 Å². The molecule has 0 atom stereocenters. The van der Waals surface area contributed by atoms with Crippen LogP contribution >= 0.6 is 0 Å². The minimum atomic E-state index is -0.721. The van der Waals surface area contributed by atoms with Crippen LogP contribution in [0.2, 0.25) is 0 Å². The molecule has 0 amide bonds. The average molecular weight is 154 g/mol. The lowest BCUT2D eigenvalue weighted by molar-refractivity contribution is -0.138. The van der Waals surface area contributed by atoms with Crippen LogP contribution < -0.4 is 0 Å². The van der Waals surface area contributed by atoms with E-state index in [0.717, 1.165) is 0 Å². The first-order valence-electron chi connectivity index (χ1n) is 3.65. The van der Waals surface area contributed by atoms with Crippen molar-refractivity contribution in [3.63, 3.8) is 0 Å². The molecular weight excluding hydrogens is 140 g/mol. The van der Waals surface area contributed by atoms with Gasteiger partial charge < -0.3 is 4.74 Å². The Morgan fingerprint density at radius 3 is 2.55 bits per heavy atom. The summed E-state index contributed by atoms with van der Waals surface area (Å²) in [5.74, 6) is 2.26. The highest BCUT2D eigenvalue weighted by Gasteiger charge is 2.26. The van der Waals surface area contributed by atoms with Gasteiger partial charge in [-0.25, -0.2) is 0 Å². The molecule has 0 saturated carbocycles. The summed E-state index contributed by atoms with van der Waals surface area (Å²) in [4.78, 5) is 11.2. The quantitative estimate of drug-likeness (QED) is 0.572. The largest absolute Gasteiger partial charge is 0.368 e. The lowest BCUT2D eigenvalue weighted by Gasteiger charge is -2.21. The summed E-state index contributed by atoms with van der Waals surface area (Å²) in [5, 5.41) is 0. The number of hydrogen-bond acceptors (Lipinski definition) is 2. The van der Waals surface area contributed by atoms with E-state index in [0.29, 0.717) is 6.61 Å². The minimum absolute atomic E-state index is 0.0400. The predicted molar refractivity (Wildman–Crippen MR) is 44.2 cm³/mol. The van der Waals surface area contributed by atoms with Gasteiger partial charge in [0, 0.05) is 6.61 Å². The maximum Gasteiger partial charge on any atom is 0.175 e. The van der Waals surface area contributed by atoms with Crippen molar-refractivity contribution in [3.8, 4) is 12.3 Å². The molecule has 0 aromatic heterocycles. The van der Waals surface area contributed by atoms with Crippen LogP contribution in [-0.2, 0) is 9.53 Å². The number of ketones is 1.